The Kier molecular flexibility index (Phi) is 8.94. The van der Waals surface area contributed by atoms with Gasteiger partial charge in [-0.3, -0.25) is 0 Å². The second-order valence-corrected chi connectivity index (χ2v) is 9.08. The number of benzene rings is 3. The Morgan fingerprint density at radius 3 is 2.17 bits per heavy atom. The fraction of sp³-hybridized carbons (Fsp3) is 0.367. The summed E-state index contributed by atoms with van der Waals surface area (Å²) in [7, 11) is 0. The number of anilines is 1. The molecule has 0 heterocycles. The van der Waals surface area contributed by atoms with Gasteiger partial charge in [0.05, 0.1) is 12.2 Å². The Bertz CT molecular complexity index is 1150. The predicted octanol–water partition coefficient (Wildman–Crippen LogP) is 6.76. The van der Waals surface area contributed by atoms with Gasteiger partial charge in [0.15, 0.2) is 0 Å². The van der Waals surface area contributed by atoms with Crippen LogP contribution in [0.1, 0.15) is 61.5 Å². The van der Waals surface area contributed by atoms with Crippen molar-refractivity contribution in [1.82, 2.24) is 0 Å². The molecule has 0 saturated carbocycles. The standard InChI is InChI=1S/C30H37NO4/c1-6-31(7-2)29-21(5)17-25(19-26(29)20(3)4)27-18-24(13-14-28(27)35-16-8-15-32)22-9-11-23(12-10-22)30(33)34/h9-14,17-20,32H,6-8,15-16H2,1-5H3,(H,33,34). The first-order valence-electron chi connectivity index (χ1n) is 12.4. The van der Waals surface area contributed by atoms with Crippen LogP contribution >= 0.6 is 0 Å². The van der Waals surface area contributed by atoms with E-state index in [0.717, 1.165) is 41.1 Å². The maximum atomic E-state index is 11.3. The van der Waals surface area contributed by atoms with Crippen molar-refractivity contribution in [2.45, 2.75) is 47.0 Å². The van der Waals surface area contributed by atoms with E-state index in [2.05, 4.69) is 57.7 Å². The van der Waals surface area contributed by atoms with Crippen molar-refractivity contribution in [2.24, 2.45) is 0 Å². The number of hydrogen-bond donors (Lipinski definition) is 2. The SMILES string of the molecule is CCN(CC)c1c(C)cc(-c2cc(-c3ccc(C(=O)O)cc3)ccc2OCCCO)cc1C(C)C. The lowest BCUT2D eigenvalue weighted by Gasteiger charge is -2.29. The molecule has 2 N–H and O–H groups in total. The summed E-state index contributed by atoms with van der Waals surface area (Å²) in [5.41, 5.74) is 8.11. The Labute approximate surface area is 209 Å². The smallest absolute Gasteiger partial charge is 0.335 e. The van der Waals surface area contributed by atoms with E-state index in [1.54, 1.807) is 12.1 Å². The van der Waals surface area contributed by atoms with Crippen LogP contribution in [0.25, 0.3) is 22.3 Å². The van der Waals surface area contributed by atoms with E-state index in [1.807, 2.05) is 24.3 Å². The number of carbonyl (C=O) groups is 1. The zero-order valence-corrected chi connectivity index (χ0v) is 21.5. The number of hydrogen-bond acceptors (Lipinski definition) is 4. The van der Waals surface area contributed by atoms with Gasteiger partial charge in [0.1, 0.15) is 5.75 Å². The van der Waals surface area contributed by atoms with Gasteiger partial charge >= 0.3 is 5.97 Å². The van der Waals surface area contributed by atoms with Crippen LogP contribution in [0, 0.1) is 6.92 Å². The molecule has 3 aromatic rings. The van der Waals surface area contributed by atoms with Gasteiger partial charge in [-0.2, -0.15) is 0 Å². The number of aryl methyl sites for hydroxylation is 1. The van der Waals surface area contributed by atoms with Crippen molar-refractivity contribution < 1.29 is 19.7 Å². The van der Waals surface area contributed by atoms with E-state index in [1.165, 1.54) is 16.8 Å². The molecule has 0 aromatic heterocycles. The molecule has 5 nitrogen and oxygen atoms in total. The van der Waals surface area contributed by atoms with Gasteiger partial charge in [-0.25, -0.2) is 4.79 Å². The summed E-state index contributed by atoms with van der Waals surface area (Å²) >= 11 is 0. The molecule has 0 aliphatic rings. The fourth-order valence-corrected chi connectivity index (χ4v) is 4.49. The molecule has 0 atom stereocenters. The van der Waals surface area contributed by atoms with E-state index in [9.17, 15) is 15.0 Å². The molecular formula is C30H37NO4. The molecule has 0 spiro atoms. The molecular weight excluding hydrogens is 438 g/mol. The van der Waals surface area contributed by atoms with Crippen LogP contribution in [0.5, 0.6) is 5.75 Å². The quantitative estimate of drug-likeness (QED) is 0.300. The van der Waals surface area contributed by atoms with Crippen LogP contribution in [-0.4, -0.2) is 42.5 Å². The molecule has 0 fully saturated rings. The number of ether oxygens (including phenoxy) is 1. The van der Waals surface area contributed by atoms with Gasteiger partial charge in [-0.1, -0.05) is 32.0 Å². The van der Waals surface area contributed by atoms with E-state index >= 15 is 0 Å². The predicted molar refractivity (Wildman–Crippen MR) is 144 cm³/mol. The maximum absolute atomic E-state index is 11.3. The highest BCUT2D eigenvalue weighted by Crippen LogP contribution is 2.40. The molecule has 0 bridgehead atoms. The molecule has 5 heteroatoms. The Morgan fingerprint density at radius 2 is 1.60 bits per heavy atom. The third-order valence-electron chi connectivity index (χ3n) is 6.35. The van der Waals surface area contributed by atoms with E-state index in [4.69, 9.17) is 4.74 Å². The lowest BCUT2D eigenvalue weighted by Crippen LogP contribution is -2.24. The molecule has 0 amide bonds. The van der Waals surface area contributed by atoms with Crippen LogP contribution in [-0.2, 0) is 0 Å². The third kappa shape index (κ3) is 6.04. The van der Waals surface area contributed by atoms with Crippen LogP contribution in [0.2, 0.25) is 0 Å². The molecule has 0 radical (unpaired) electrons. The van der Waals surface area contributed by atoms with Crippen molar-refractivity contribution >= 4 is 11.7 Å². The number of carboxylic acids is 1. The highest BCUT2D eigenvalue weighted by atomic mass is 16.5. The number of rotatable bonds is 11. The Hall–Kier alpha value is -3.31. The van der Waals surface area contributed by atoms with Crippen molar-refractivity contribution in [1.29, 1.82) is 0 Å². The molecule has 0 aliphatic carbocycles. The highest BCUT2D eigenvalue weighted by molar-refractivity contribution is 5.88. The number of aliphatic hydroxyl groups is 1. The van der Waals surface area contributed by atoms with E-state index in [-0.39, 0.29) is 12.2 Å². The van der Waals surface area contributed by atoms with Crippen LogP contribution in [0.4, 0.5) is 5.69 Å². The minimum absolute atomic E-state index is 0.0819. The lowest BCUT2D eigenvalue weighted by molar-refractivity contribution is 0.0697. The second-order valence-electron chi connectivity index (χ2n) is 9.08. The monoisotopic (exact) mass is 475 g/mol. The third-order valence-corrected chi connectivity index (χ3v) is 6.35. The zero-order chi connectivity index (χ0) is 25.5. The Balaban J connectivity index is 2.16. The van der Waals surface area contributed by atoms with Gasteiger partial charge in [-0.05, 0) is 90.9 Å². The van der Waals surface area contributed by atoms with Crippen molar-refractivity contribution in [3.8, 4) is 28.0 Å². The minimum atomic E-state index is -0.935. The van der Waals surface area contributed by atoms with E-state index < -0.39 is 5.97 Å². The zero-order valence-electron chi connectivity index (χ0n) is 21.5. The first kappa shape index (κ1) is 26.3. The van der Waals surface area contributed by atoms with Gasteiger partial charge in [0, 0.05) is 37.4 Å². The molecule has 3 rings (SSSR count). The van der Waals surface area contributed by atoms with Crippen molar-refractivity contribution in [3.05, 3.63) is 71.3 Å². The van der Waals surface area contributed by atoms with Gasteiger partial charge in [0.2, 0.25) is 0 Å². The van der Waals surface area contributed by atoms with Crippen LogP contribution in [0.3, 0.4) is 0 Å². The number of carboxylic acid groups (broad SMARTS) is 1. The summed E-state index contributed by atoms with van der Waals surface area (Å²) in [6.45, 7) is 13.4. The fourth-order valence-electron chi connectivity index (χ4n) is 4.49. The van der Waals surface area contributed by atoms with Gasteiger partial charge < -0.3 is 19.8 Å². The van der Waals surface area contributed by atoms with Crippen molar-refractivity contribution in [3.63, 3.8) is 0 Å². The van der Waals surface area contributed by atoms with Crippen molar-refractivity contribution in [2.75, 3.05) is 31.2 Å². The molecule has 186 valence electrons. The van der Waals surface area contributed by atoms with Crippen LogP contribution < -0.4 is 9.64 Å². The largest absolute Gasteiger partial charge is 0.493 e. The number of aromatic carboxylic acids is 1. The van der Waals surface area contributed by atoms with Gasteiger partial charge in [0.25, 0.3) is 0 Å². The summed E-state index contributed by atoms with van der Waals surface area (Å²) in [5, 5.41) is 18.5. The summed E-state index contributed by atoms with van der Waals surface area (Å²) in [6.07, 6.45) is 0.564. The normalized spacial score (nSPS) is 11.1. The summed E-state index contributed by atoms with van der Waals surface area (Å²) < 4.78 is 6.09. The molecule has 35 heavy (non-hydrogen) atoms. The summed E-state index contributed by atoms with van der Waals surface area (Å²) in [6, 6.07) is 17.5. The highest BCUT2D eigenvalue weighted by Gasteiger charge is 2.18. The molecule has 3 aromatic carbocycles. The average molecular weight is 476 g/mol. The molecule has 0 saturated heterocycles. The summed E-state index contributed by atoms with van der Waals surface area (Å²) in [5.74, 6) is 0.193. The number of nitrogens with zero attached hydrogens (tertiary/aromatic N) is 1. The topological polar surface area (TPSA) is 70.0 Å². The number of aliphatic hydroxyl groups excluding tert-OH is 1. The lowest BCUT2D eigenvalue weighted by atomic mass is 9.90. The second kappa shape index (κ2) is 11.9. The first-order chi connectivity index (χ1) is 16.8. The first-order valence-corrected chi connectivity index (χ1v) is 12.4. The average Bonchev–Trinajstić information content (AvgIpc) is 2.85. The van der Waals surface area contributed by atoms with Gasteiger partial charge in [-0.15, -0.1) is 0 Å². The van der Waals surface area contributed by atoms with Crippen LogP contribution in [0.15, 0.2) is 54.6 Å². The maximum Gasteiger partial charge on any atom is 0.335 e. The Morgan fingerprint density at radius 1 is 0.943 bits per heavy atom. The molecule has 0 unspecified atom stereocenters. The minimum Gasteiger partial charge on any atom is -0.493 e. The summed E-state index contributed by atoms with van der Waals surface area (Å²) in [4.78, 5) is 13.7. The molecule has 0 aliphatic heterocycles. The van der Waals surface area contributed by atoms with E-state index in [0.29, 0.717) is 18.9 Å².